The Kier molecular flexibility index (Phi) is 7.31. The SMILES string of the molecule is CCCOc1ccc(C23COc4c5c(cc(C)c4C2ONO3)OC(C)(C)C=C5)c(OCc2ccccc2)c1.N. The van der Waals surface area contributed by atoms with Crippen LogP contribution in [-0.2, 0) is 21.9 Å². The van der Waals surface area contributed by atoms with Gasteiger partial charge >= 0.3 is 0 Å². The fraction of sp³-hybridized carbons (Fsp3) is 0.355. The molecule has 0 spiro atoms. The van der Waals surface area contributed by atoms with E-state index >= 15 is 0 Å². The van der Waals surface area contributed by atoms with E-state index in [1.54, 1.807) is 0 Å². The fourth-order valence-electron chi connectivity index (χ4n) is 5.28. The van der Waals surface area contributed by atoms with Crippen LogP contribution in [0.2, 0.25) is 0 Å². The molecule has 3 heterocycles. The van der Waals surface area contributed by atoms with Gasteiger partial charge in [-0.1, -0.05) is 42.9 Å². The van der Waals surface area contributed by atoms with E-state index in [9.17, 15) is 0 Å². The molecule has 4 N–H and O–H groups in total. The molecule has 3 aromatic rings. The van der Waals surface area contributed by atoms with Gasteiger partial charge in [-0.3, -0.25) is 9.68 Å². The maximum absolute atomic E-state index is 6.49. The normalized spacial score (nSPS) is 21.9. The van der Waals surface area contributed by atoms with E-state index in [0.29, 0.717) is 19.0 Å². The summed E-state index contributed by atoms with van der Waals surface area (Å²) in [5.41, 5.74) is 6.07. The Morgan fingerprint density at radius 3 is 2.67 bits per heavy atom. The van der Waals surface area contributed by atoms with Gasteiger partial charge in [0.2, 0.25) is 0 Å². The monoisotopic (exact) mass is 532 g/mol. The molecule has 1 fully saturated rings. The van der Waals surface area contributed by atoms with Crippen molar-refractivity contribution in [1.29, 1.82) is 0 Å². The minimum absolute atomic E-state index is 0. The molecule has 0 amide bonds. The Labute approximate surface area is 229 Å². The van der Waals surface area contributed by atoms with Gasteiger partial charge in [-0.25, -0.2) is 0 Å². The molecular weight excluding hydrogens is 496 g/mol. The summed E-state index contributed by atoms with van der Waals surface area (Å²) in [4.78, 5) is 12.2. The van der Waals surface area contributed by atoms with Crippen molar-refractivity contribution in [1.82, 2.24) is 11.8 Å². The first-order chi connectivity index (χ1) is 18.4. The minimum Gasteiger partial charge on any atom is -0.493 e. The lowest BCUT2D eigenvalue weighted by molar-refractivity contribution is -0.127. The quantitative estimate of drug-likeness (QED) is 0.355. The standard InChI is InChI=1S/C31H33NO6.H3N/c1-5-15-33-22-11-12-24(26(17-22)34-18-21-9-7-6-8-10-21)31-19-35-28-23-13-14-30(3,4)36-25(23)16-20(2)27(28)29(31)37-32-38-31;/h6-14,16-17,29,32H,5,15,18-19H2,1-4H3;1H3. The number of benzene rings is 3. The molecular formula is C31H36N2O6. The van der Waals surface area contributed by atoms with E-state index in [1.807, 2.05) is 75.4 Å². The van der Waals surface area contributed by atoms with E-state index in [1.165, 1.54) is 0 Å². The van der Waals surface area contributed by atoms with Crippen molar-refractivity contribution in [2.24, 2.45) is 0 Å². The second-order valence-corrected chi connectivity index (χ2v) is 10.5. The van der Waals surface area contributed by atoms with Crippen LogP contribution in [-0.4, -0.2) is 18.8 Å². The maximum Gasteiger partial charge on any atom is 0.187 e. The highest BCUT2D eigenvalue weighted by molar-refractivity contribution is 5.72. The molecule has 2 unspecified atom stereocenters. The number of rotatable bonds is 7. The number of ether oxygens (including phenoxy) is 4. The number of hydrogen-bond acceptors (Lipinski definition) is 8. The number of aryl methyl sites for hydroxylation is 1. The van der Waals surface area contributed by atoms with Gasteiger partial charge in [0.15, 0.2) is 5.60 Å². The third kappa shape index (κ3) is 4.85. The molecule has 6 rings (SSSR count). The zero-order valence-corrected chi connectivity index (χ0v) is 22.9. The molecule has 8 nitrogen and oxygen atoms in total. The fourth-order valence-corrected chi connectivity index (χ4v) is 5.28. The molecule has 0 radical (unpaired) electrons. The molecule has 3 aliphatic heterocycles. The largest absolute Gasteiger partial charge is 0.493 e. The van der Waals surface area contributed by atoms with Crippen LogP contribution in [0.1, 0.15) is 61.1 Å². The lowest BCUT2D eigenvalue weighted by atomic mass is 9.80. The van der Waals surface area contributed by atoms with Crippen LogP contribution >= 0.6 is 0 Å². The van der Waals surface area contributed by atoms with E-state index in [4.69, 9.17) is 28.6 Å². The van der Waals surface area contributed by atoms with Gasteiger partial charge in [0, 0.05) is 17.2 Å². The summed E-state index contributed by atoms with van der Waals surface area (Å²) in [5, 5.41) is 0. The summed E-state index contributed by atoms with van der Waals surface area (Å²) in [6.45, 7) is 9.46. The van der Waals surface area contributed by atoms with Gasteiger partial charge in [0.1, 0.15) is 47.9 Å². The van der Waals surface area contributed by atoms with Crippen LogP contribution < -0.4 is 30.7 Å². The Hall–Kier alpha value is -3.56. The second-order valence-electron chi connectivity index (χ2n) is 10.5. The molecule has 39 heavy (non-hydrogen) atoms. The molecule has 2 atom stereocenters. The van der Waals surface area contributed by atoms with Crippen LogP contribution in [0.25, 0.3) is 6.08 Å². The third-order valence-electron chi connectivity index (χ3n) is 7.18. The molecule has 1 saturated heterocycles. The van der Waals surface area contributed by atoms with Crippen LogP contribution in [0.15, 0.2) is 60.7 Å². The van der Waals surface area contributed by atoms with Crippen molar-refractivity contribution in [2.75, 3.05) is 13.2 Å². The molecule has 3 aliphatic rings. The Morgan fingerprint density at radius 1 is 1.05 bits per heavy atom. The Bertz CT molecular complexity index is 1370. The van der Waals surface area contributed by atoms with E-state index in [0.717, 1.165) is 51.5 Å². The summed E-state index contributed by atoms with van der Waals surface area (Å²) in [6, 6.07) is 18.0. The lowest BCUT2D eigenvalue weighted by Gasteiger charge is -2.39. The van der Waals surface area contributed by atoms with Gasteiger partial charge in [0.25, 0.3) is 0 Å². The molecule has 0 saturated carbocycles. The Morgan fingerprint density at radius 2 is 1.87 bits per heavy atom. The maximum atomic E-state index is 6.49. The van der Waals surface area contributed by atoms with Gasteiger partial charge in [-0.15, -0.1) is 0 Å². The first-order valence-corrected chi connectivity index (χ1v) is 13.1. The van der Waals surface area contributed by atoms with Gasteiger partial charge in [0.05, 0.1) is 12.2 Å². The average molecular weight is 533 g/mol. The van der Waals surface area contributed by atoms with Crippen molar-refractivity contribution < 1.29 is 28.6 Å². The van der Waals surface area contributed by atoms with Crippen molar-refractivity contribution in [2.45, 2.75) is 58.0 Å². The summed E-state index contributed by atoms with van der Waals surface area (Å²) in [7, 11) is 0. The molecule has 8 heteroatoms. The van der Waals surface area contributed by atoms with Crippen molar-refractivity contribution >= 4 is 6.08 Å². The van der Waals surface area contributed by atoms with Crippen molar-refractivity contribution in [3.63, 3.8) is 0 Å². The molecule has 0 aliphatic carbocycles. The number of fused-ring (bicyclic) bond motifs is 5. The average Bonchev–Trinajstić information content (AvgIpc) is 3.35. The molecule has 0 aromatic heterocycles. The highest BCUT2D eigenvalue weighted by Gasteiger charge is 2.56. The summed E-state index contributed by atoms with van der Waals surface area (Å²) < 4.78 is 25.1. The van der Waals surface area contributed by atoms with Crippen molar-refractivity contribution in [3.8, 4) is 23.0 Å². The first kappa shape index (κ1) is 27.0. The zero-order valence-electron chi connectivity index (χ0n) is 22.9. The van der Waals surface area contributed by atoms with E-state index < -0.39 is 11.7 Å². The van der Waals surface area contributed by atoms with Crippen LogP contribution in [0.5, 0.6) is 23.0 Å². The second kappa shape index (κ2) is 10.5. The minimum atomic E-state index is -0.972. The van der Waals surface area contributed by atoms with Gasteiger partial charge < -0.3 is 25.1 Å². The van der Waals surface area contributed by atoms with E-state index in [-0.39, 0.29) is 18.4 Å². The van der Waals surface area contributed by atoms with Crippen LogP contribution in [0, 0.1) is 6.92 Å². The van der Waals surface area contributed by atoms with Crippen LogP contribution in [0.4, 0.5) is 0 Å². The predicted molar refractivity (Wildman–Crippen MR) is 148 cm³/mol. The topological polar surface area (TPSA) is 102 Å². The predicted octanol–water partition coefficient (Wildman–Crippen LogP) is 6.50. The number of nitrogens with one attached hydrogen (secondary N) is 1. The highest BCUT2D eigenvalue weighted by Crippen LogP contribution is 2.56. The first-order valence-electron chi connectivity index (χ1n) is 13.1. The number of hydrogen-bond donors (Lipinski definition) is 2. The third-order valence-corrected chi connectivity index (χ3v) is 7.18. The molecule has 0 bridgehead atoms. The highest BCUT2D eigenvalue weighted by atomic mass is 17.0. The van der Waals surface area contributed by atoms with Gasteiger partial charge in [-0.05, 0) is 68.7 Å². The summed E-state index contributed by atoms with van der Waals surface area (Å²) >= 11 is 0. The zero-order chi connectivity index (χ0) is 26.3. The summed E-state index contributed by atoms with van der Waals surface area (Å²) in [5.74, 6) is 2.96. The molecule has 206 valence electrons. The van der Waals surface area contributed by atoms with Crippen molar-refractivity contribution in [3.05, 3.63) is 88.5 Å². The smallest absolute Gasteiger partial charge is 0.187 e. The molecule has 3 aromatic carbocycles. The lowest BCUT2D eigenvalue weighted by Crippen LogP contribution is -2.42. The van der Waals surface area contributed by atoms with E-state index in [2.05, 4.69) is 24.7 Å². The van der Waals surface area contributed by atoms with Crippen LogP contribution in [0.3, 0.4) is 0 Å². The van der Waals surface area contributed by atoms with Gasteiger partial charge in [-0.2, -0.15) is 0 Å². The summed E-state index contributed by atoms with van der Waals surface area (Å²) in [6.07, 6.45) is 4.56. The Balaban J connectivity index is 0.00000308.